The number of pyridine rings is 1. The summed E-state index contributed by atoms with van der Waals surface area (Å²) in [5.41, 5.74) is 0.879. The van der Waals surface area contributed by atoms with Crippen molar-refractivity contribution in [1.29, 1.82) is 0 Å². The van der Waals surface area contributed by atoms with E-state index < -0.39 is 16.1 Å². The summed E-state index contributed by atoms with van der Waals surface area (Å²) >= 11 is 0. The van der Waals surface area contributed by atoms with Crippen molar-refractivity contribution in [2.75, 3.05) is 13.1 Å². The first-order chi connectivity index (χ1) is 13.5. The van der Waals surface area contributed by atoms with E-state index in [9.17, 15) is 13.5 Å². The summed E-state index contributed by atoms with van der Waals surface area (Å²) in [6.45, 7) is 2.87. The largest absolute Gasteiger partial charge is 0.388 e. The first kappa shape index (κ1) is 20.4. The van der Waals surface area contributed by atoms with Gasteiger partial charge in [0.2, 0.25) is 10.0 Å². The van der Waals surface area contributed by atoms with Crippen LogP contribution >= 0.6 is 0 Å². The second-order valence-electron chi connectivity index (χ2n) is 6.83. The number of fused-ring (bicyclic) bond motifs is 1. The summed E-state index contributed by atoms with van der Waals surface area (Å²) < 4.78 is 27.9. The number of nitrogens with one attached hydrogen (secondary N) is 2. The van der Waals surface area contributed by atoms with Crippen LogP contribution in [0.4, 0.5) is 0 Å². The van der Waals surface area contributed by atoms with E-state index in [4.69, 9.17) is 0 Å². The highest BCUT2D eigenvalue weighted by Crippen LogP contribution is 2.18. The number of aliphatic hydroxyl groups is 1. The highest BCUT2D eigenvalue weighted by atomic mass is 32.2. The maximum atomic E-state index is 12.6. The SMILES string of the molecule is C[C@H](CNCC[C@@H](O)c1ccccc1)NS(=O)(=O)c1ccc2cnccc2c1. The van der Waals surface area contributed by atoms with Crippen LogP contribution in [-0.4, -0.2) is 37.6 Å². The Bertz CT molecular complexity index is 1010. The van der Waals surface area contributed by atoms with Crippen LogP contribution in [0, 0.1) is 0 Å². The molecule has 3 N–H and O–H groups in total. The minimum absolute atomic E-state index is 0.234. The van der Waals surface area contributed by atoms with Gasteiger partial charge >= 0.3 is 0 Å². The molecule has 7 heteroatoms. The molecule has 0 amide bonds. The fourth-order valence-electron chi connectivity index (χ4n) is 3.00. The fourth-order valence-corrected chi connectivity index (χ4v) is 4.28. The van der Waals surface area contributed by atoms with Crippen molar-refractivity contribution in [1.82, 2.24) is 15.0 Å². The van der Waals surface area contributed by atoms with Gasteiger partial charge in [0.1, 0.15) is 0 Å². The molecular weight excluding hydrogens is 374 g/mol. The molecule has 3 aromatic rings. The molecule has 0 spiro atoms. The van der Waals surface area contributed by atoms with E-state index in [1.165, 1.54) is 0 Å². The molecule has 0 fully saturated rings. The van der Waals surface area contributed by atoms with Gasteiger partial charge in [0, 0.05) is 30.4 Å². The number of benzene rings is 2. The van der Waals surface area contributed by atoms with E-state index in [1.807, 2.05) is 37.3 Å². The fraction of sp³-hybridized carbons (Fsp3) is 0.286. The van der Waals surface area contributed by atoms with Crippen molar-refractivity contribution in [2.24, 2.45) is 0 Å². The normalized spacial score (nSPS) is 14.1. The van der Waals surface area contributed by atoms with E-state index in [0.29, 0.717) is 19.5 Å². The summed E-state index contributed by atoms with van der Waals surface area (Å²) in [5.74, 6) is 0. The molecule has 0 bridgehead atoms. The number of nitrogens with zero attached hydrogens (tertiary/aromatic N) is 1. The van der Waals surface area contributed by atoms with E-state index in [-0.39, 0.29) is 10.9 Å². The summed E-state index contributed by atoms with van der Waals surface area (Å²) in [4.78, 5) is 4.27. The lowest BCUT2D eigenvalue weighted by molar-refractivity contribution is 0.166. The second-order valence-corrected chi connectivity index (χ2v) is 8.54. The van der Waals surface area contributed by atoms with Gasteiger partial charge < -0.3 is 10.4 Å². The van der Waals surface area contributed by atoms with Crippen molar-refractivity contribution >= 4 is 20.8 Å². The summed E-state index contributed by atoms with van der Waals surface area (Å²) in [7, 11) is -3.61. The predicted molar refractivity (Wildman–Crippen MR) is 110 cm³/mol. The number of rotatable bonds is 9. The Balaban J connectivity index is 1.49. The Labute approximate surface area is 165 Å². The molecule has 1 heterocycles. The quantitative estimate of drug-likeness (QED) is 0.481. The van der Waals surface area contributed by atoms with Gasteiger partial charge in [-0.25, -0.2) is 13.1 Å². The van der Waals surface area contributed by atoms with Crippen LogP contribution < -0.4 is 10.0 Å². The molecule has 0 radical (unpaired) electrons. The van der Waals surface area contributed by atoms with Crippen molar-refractivity contribution in [3.63, 3.8) is 0 Å². The lowest BCUT2D eigenvalue weighted by atomic mass is 10.1. The molecular formula is C21H25N3O3S. The van der Waals surface area contributed by atoms with E-state index in [0.717, 1.165) is 16.3 Å². The second kappa shape index (κ2) is 9.25. The molecule has 0 saturated carbocycles. The van der Waals surface area contributed by atoms with Gasteiger partial charge in [0.05, 0.1) is 11.0 Å². The zero-order chi connectivity index (χ0) is 20.0. The molecule has 2 atom stereocenters. The van der Waals surface area contributed by atoms with E-state index in [2.05, 4.69) is 15.0 Å². The van der Waals surface area contributed by atoms with Crippen LogP contribution in [0.1, 0.15) is 25.0 Å². The zero-order valence-electron chi connectivity index (χ0n) is 15.7. The molecule has 6 nitrogen and oxygen atoms in total. The van der Waals surface area contributed by atoms with Crippen LogP contribution in [-0.2, 0) is 10.0 Å². The Morgan fingerprint density at radius 3 is 2.64 bits per heavy atom. The van der Waals surface area contributed by atoms with Crippen LogP contribution in [0.25, 0.3) is 10.8 Å². The van der Waals surface area contributed by atoms with Crippen LogP contribution in [0.2, 0.25) is 0 Å². The molecule has 0 aliphatic rings. The minimum atomic E-state index is -3.61. The number of aromatic nitrogens is 1. The van der Waals surface area contributed by atoms with Crippen molar-refractivity contribution in [3.8, 4) is 0 Å². The molecule has 0 saturated heterocycles. The smallest absolute Gasteiger partial charge is 0.240 e. The monoisotopic (exact) mass is 399 g/mol. The molecule has 148 valence electrons. The molecule has 2 aromatic carbocycles. The standard InChI is InChI=1S/C21H25N3O3S/c1-16(14-22-12-10-21(25)17-5-3-2-4-6-17)24-28(26,27)20-8-7-19-15-23-11-9-18(19)13-20/h2-9,11,13,15-16,21-22,24-25H,10,12,14H2,1H3/t16-,21-/m1/s1. The van der Waals surface area contributed by atoms with Crippen molar-refractivity contribution in [3.05, 3.63) is 72.6 Å². The Morgan fingerprint density at radius 1 is 1.07 bits per heavy atom. The molecule has 0 aliphatic carbocycles. The van der Waals surface area contributed by atoms with Gasteiger partial charge in [0.15, 0.2) is 0 Å². The van der Waals surface area contributed by atoms with Crippen LogP contribution in [0.5, 0.6) is 0 Å². The predicted octanol–water partition coefficient (Wildman–Crippen LogP) is 2.61. The zero-order valence-corrected chi connectivity index (χ0v) is 16.6. The topological polar surface area (TPSA) is 91.3 Å². The van der Waals surface area contributed by atoms with Gasteiger partial charge in [0.25, 0.3) is 0 Å². The molecule has 3 rings (SSSR count). The number of hydrogen-bond acceptors (Lipinski definition) is 5. The molecule has 0 aliphatic heterocycles. The maximum Gasteiger partial charge on any atom is 0.240 e. The Morgan fingerprint density at radius 2 is 1.86 bits per heavy atom. The van der Waals surface area contributed by atoms with Crippen LogP contribution in [0.3, 0.4) is 0 Å². The van der Waals surface area contributed by atoms with Crippen molar-refractivity contribution < 1.29 is 13.5 Å². The summed E-state index contributed by atoms with van der Waals surface area (Å²) in [5, 5.41) is 15.1. The van der Waals surface area contributed by atoms with Gasteiger partial charge in [-0.3, -0.25) is 4.98 Å². The highest BCUT2D eigenvalue weighted by molar-refractivity contribution is 7.89. The third kappa shape index (κ3) is 5.36. The third-order valence-electron chi connectivity index (χ3n) is 4.51. The maximum absolute atomic E-state index is 12.6. The van der Waals surface area contributed by atoms with Crippen molar-refractivity contribution in [2.45, 2.75) is 30.4 Å². The third-order valence-corrected chi connectivity index (χ3v) is 6.10. The number of hydrogen-bond donors (Lipinski definition) is 3. The van der Waals surface area contributed by atoms with Gasteiger partial charge in [-0.1, -0.05) is 36.4 Å². The Hall–Kier alpha value is -2.32. The lowest BCUT2D eigenvalue weighted by Gasteiger charge is -2.16. The average molecular weight is 400 g/mol. The molecule has 28 heavy (non-hydrogen) atoms. The van der Waals surface area contributed by atoms with Crippen LogP contribution in [0.15, 0.2) is 71.9 Å². The van der Waals surface area contributed by atoms with Gasteiger partial charge in [-0.15, -0.1) is 0 Å². The number of sulfonamides is 1. The van der Waals surface area contributed by atoms with E-state index >= 15 is 0 Å². The number of aliphatic hydroxyl groups excluding tert-OH is 1. The lowest BCUT2D eigenvalue weighted by Crippen LogP contribution is -2.40. The first-order valence-electron chi connectivity index (χ1n) is 9.25. The summed E-state index contributed by atoms with van der Waals surface area (Å²) in [6, 6.07) is 16.0. The minimum Gasteiger partial charge on any atom is -0.388 e. The van der Waals surface area contributed by atoms with E-state index in [1.54, 1.807) is 36.7 Å². The van der Waals surface area contributed by atoms with Gasteiger partial charge in [-0.2, -0.15) is 0 Å². The Kier molecular flexibility index (Phi) is 6.74. The average Bonchev–Trinajstić information content (AvgIpc) is 2.71. The summed E-state index contributed by atoms with van der Waals surface area (Å²) in [6.07, 6.45) is 3.37. The first-order valence-corrected chi connectivity index (χ1v) is 10.7. The van der Waals surface area contributed by atoms with Gasteiger partial charge in [-0.05, 0) is 49.0 Å². The molecule has 0 unspecified atom stereocenters. The molecule has 1 aromatic heterocycles. The highest BCUT2D eigenvalue weighted by Gasteiger charge is 2.17.